The number of hydrogen-bond acceptors (Lipinski definition) is 4. The van der Waals surface area contributed by atoms with Crippen molar-refractivity contribution in [3.8, 4) is 0 Å². The van der Waals surface area contributed by atoms with E-state index in [-0.39, 0.29) is 19.4 Å². The Balaban J connectivity index is 2.34. The van der Waals surface area contributed by atoms with Gasteiger partial charge in [0.05, 0.1) is 6.42 Å². The topological polar surface area (TPSA) is 83.9 Å². The number of methoxy groups -OCH3 is 1. The molecule has 2 rings (SSSR count). The van der Waals surface area contributed by atoms with E-state index in [1.807, 2.05) is 0 Å². The number of hydrogen-bond donors (Lipinski definition) is 1. The molecular weight excluding hydrogens is 262 g/mol. The van der Waals surface area contributed by atoms with Crippen LogP contribution in [0.3, 0.4) is 0 Å². The fourth-order valence-electron chi connectivity index (χ4n) is 2.28. The Labute approximate surface area is 115 Å². The van der Waals surface area contributed by atoms with Crippen LogP contribution in [0.2, 0.25) is 0 Å². The van der Waals surface area contributed by atoms with Gasteiger partial charge in [0.25, 0.3) is 5.91 Å². The van der Waals surface area contributed by atoms with Gasteiger partial charge in [0.2, 0.25) is 5.91 Å². The fraction of sp³-hybridized carbons (Fsp3) is 0.357. The zero-order valence-corrected chi connectivity index (χ0v) is 11.0. The lowest BCUT2D eigenvalue weighted by molar-refractivity contribution is -0.148. The number of nitrogens with zero attached hydrogens (tertiary/aromatic N) is 1. The third-order valence-electron chi connectivity index (χ3n) is 3.27. The van der Waals surface area contributed by atoms with Gasteiger partial charge in [-0.2, -0.15) is 0 Å². The highest BCUT2D eigenvalue weighted by Gasteiger charge is 2.38. The average Bonchev–Trinajstić information content (AvgIpc) is 2.42. The summed E-state index contributed by atoms with van der Waals surface area (Å²) in [6, 6.07) is 5.55. The van der Waals surface area contributed by atoms with Crippen molar-refractivity contribution < 1.29 is 24.2 Å². The lowest BCUT2D eigenvalue weighted by Gasteiger charge is -2.31. The molecule has 106 valence electrons. The predicted molar refractivity (Wildman–Crippen MR) is 69.2 cm³/mol. The van der Waals surface area contributed by atoms with Crippen LogP contribution in [0.5, 0.6) is 0 Å². The van der Waals surface area contributed by atoms with Gasteiger partial charge in [-0.15, -0.1) is 0 Å². The molecule has 1 atom stereocenters. The number of imide groups is 1. The molecule has 1 unspecified atom stereocenters. The van der Waals surface area contributed by atoms with E-state index in [0.29, 0.717) is 11.1 Å². The fourth-order valence-corrected chi connectivity index (χ4v) is 2.28. The van der Waals surface area contributed by atoms with Crippen molar-refractivity contribution in [2.45, 2.75) is 18.9 Å². The lowest BCUT2D eigenvalue weighted by Crippen LogP contribution is -2.52. The molecule has 6 heteroatoms. The normalized spacial score (nSPS) is 15.9. The maximum Gasteiger partial charge on any atom is 0.327 e. The number of fused-ring (bicyclic) bond motifs is 1. The van der Waals surface area contributed by atoms with Gasteiger partial charge in [0.15, 0.2) is 0 Å². The van der Waals surface area contributed by atoms with E-state index in [1.54, 1.807) is 24.3 Å². The summed E-state index contributed by atoms with van der Waals surface area (Å²) in [6.45, 7) is 0.162. The molecule has 6 nitrogen and oxygen atoms in total. The quantitative estimate of drug-likeness (QED) is 0.801. The summed E-state index contributed by atoms with van der Waals surface area (Å²) in [5.41, 5.74) is 1.02. The Hall–Kier alpha value is -2.21. The van der Waals surface area contributed by atoms with Gasteiger partial charge in [-0.05, 0) is 11.6 Å². The monoisotopic (exact) mass is 277 g/mol. The van der Waals surface area contributed by atoms with E-state index in [2.05, 4.69) is 0 Å². The molecule has 0 aromatic heterocycles. The number of ether oxygens (including phenoxy) is 1. The summed E-state index contributed by atoms with van der Waals surface area (Å²) in [5, 5.41) is 9.23. The highest BCUT2D eigenvalue weighted by molar-refractivity contribution is 6.11. The summed E-state index contributed by atoms with van der Waals surface area (Å²) in [7, 11) is 1.44. The molecule has 0 saturated carbocycles. The zero-order chi connectivity index (χ0) is 14.7. The maximum absolute atomic E-state index is 12.3. The Morgan fingerprint density at radius 1 is 1.40 bits per heavy atom. The number of amides is 2. The molecule has 0 aliphatic carbocycles. The van der Waals surface area contributed by atoms with Crippen molar-refractivity contribution in [2.75, 3.05) is 13.7 Å². The SMILES string of the molecule is COCCC(C(=O)O)N1C(=O)Cc2ccccc2C1=O. The number of carbonyl (C=O) groups is 3. The molecular formula is C14H15NO5. The van der Waals surface area contributed by atoms with E-state index in [9.17, 15) is 19.5 Å². The zero-order valence-electron chi connectivity index (χ0n) is 11.0. The van der Waals surface area contributed by atoms with Crippen LogP contribution in [0.15, 0.2) is 24.3 Å². The maximum atomic E-state index is 12.3. The first-order valence-corrected chi connectivity index (χ1v) is 6.22. The Kier molecular flexibility index (Phi) is 4.14. The molecule has 0 saturated heterocycles. The van der Waals surface area contributed by atoms with Crippen LogP contribution in [0.25, 0.3) is 0 Å². The van der Waals surface area contributed by atoms with Crippen molar-refractivity contribution in [3.05, 3.63) is 35.4 Å². The molecule has 0 radical (unpaired) electrons. The number of carboxylic acid groups (broad SMARTS) is 1. The Morgan fingerprint density at radius 3 is 2.75 bits per heavy atom. The van der Waals surface area contributed by atoms with E-state index in [0.717, 1.165) is 4.90 Å². The molecule has 1 aliphatic heterocycles. The second kappa shape index (κ2) is 5.83. The van der Waals surface area contributed by atoms with Crippen molar-refractivity contribution in [2.24, 2.45) is 0 Å². The number of benzene rings is 1. The van der Waals surface area contributed by atoms with Crippen LogP contribution in [0.4, 0.5) is 0 Å². The summed E-state index contributed by atoms with van der Waals surface area (Å²) >= 11 is 0. The third-order valence-corrected chi connectivity index (χ3v) is 3.27. The first-order chi connectivity index (χ1) is 9.56. The van der Waals surface area contributed by atoms with Crippen molar-refractivity contribution in [1.82, 2.24) is 4.90 Å². The van der Waals surface area contributed by atoms with Gasteiger partial charge in [0.1, 0.15) is 6.04 Å². The standard InChI is InChI=1S/C14H15NO5/c1-20-7-6-11(14(18)19)15-12(16)8-9-4-2-3-5-10(9)13(15)17/h2-5,11H,6-8H2,1H3,(H,18,19). The van der Waals surface area contributed by atoms with E-state index in [4.69, 9.17) is 4.74 Å². The van der Waals surface area contributed by atoms with Crippen LogP contribution in [0, 0.1) is 0 Å². The van der Waals surface area contributed by atoms with Gasteiger partial charge < -0.3 is 9.84 Å². The second-order valence-corrected chi connectivity index (χ2v) is 4.54. The molecule has 1 aromatic carbocycles. The van der Waals surface area contributed by atoms with Crippen molar-refractivity contribution in [1.29, 1.82) is 0 Å². The number of aliphatic carboxylic acids is 1. The van der Waals surface area contributed by atoms with Crippen LogP contribution in [-0.4, -0.2) is 47.5 Å². The lowest BCUT2D eigenvalue weighted by atomic mass is 9.96. The van der Waals surface area contributed by atoms with E-state index < -0.39 is 23.8 Å². The average molecular weight is 277 g/mol. The summed E-state index contributed by atoms with van der Waals surface area (Å²) < 4.78 is 4.84. The minimum absolute atomic E-state index is 0.0404. The van der Waals surface area contributed by atoms with Gasteiger partial charge in [-0.3, -0.25) is 14.5 Å². The van der Waals surface area contributed by atoms with Crippen LogP contribution >= 0.6 is 0 Å². The Bertz CT molecular complexity index is 554. The third kappa shape index (κ3) is 2.55. The minimum Gasteiger partial charge on any atom is -0.480 e. The van der Waals surface area contributed by atoms with Gasteiger partial charge in [-0.1, -0.05) is 18.2 Å². The smallest absolute Gasteiger partial charge is 0.327 e. The minimum atomic E-state index is -1.21. The predicted octanol–water partition coefficient (Wildman–Crippen LogP) is 0.701. The molecule has 2 amide bonds. The Morgan fingerprint density at radius 2 is 2.10 bits per heavy atom. The summed E-state index contributed by atoms with van der Waals surface area (Å²) in [6.07, 6.45) is 0.115. The van der Waals surface area contributed by atoms with Gasteiger partial charge in [-0.25, -0.2) is 4.79 Å². The highest BCUT2D eigenvalue weighted by Crippen LogP contribution is 2.22. The van der Waals surface area contributed by atoms with Crippen LogP contribution in [0.1, 0.15) is 22.3 Å². The summed E-state index contributed by atoms with van der Waals surface area (Å²) in [4.78, 5) is 36.6. The van der Waals surface area contributed by atoms with Gasteiger partial charge >= 0.3 is 5.97 Å². The molecule has 20 heavy (non-hydrogen) atoms. The first-order valence-electron chi connectivity index (χ1n) is 6.22. The molecule has 1 heterocycles. The first kappa shape index (κ1) is 14.2. The molecule has 1 aliphatic rings. The number of rotatable bonds is 5. The molecule has 1 N–H and O–H groups in total. The van der Waals surface area contributed by atoms with E-state index in [1.165, 1.54) is 7.11 Å². The van der Waals surface area contributed by atoms with Crippen molar-refractivity contribution >= 4 is 17.8 Å². The van der Waals surface area contributed by atoms with E-state index >= 15 is 0 Å². The number of carboxylic acids is 1. The molecule has 0 bridgehead atoms. The van der Waals surface area contributed by atoms with Crippen LogP contribution in [-0.2, 0) is 20.7 Å². The number of carbonyl (C=O) groups excluding carboxylic acids is 2. The largest absolute Gasteiger partial charge is 0.480 e. The molecule has 1 aromatic rings. The van der Waals surface area contributed by atoms with Crippen molar-refractivity contribution in [3.63, 3.8) is 0 Å². The second-order valence-electron chi connectivity index (χ2n) is 4.54. The van der Waals surface area contributed by atoms with Gasteiger partial charge in [0, 0.05) is 25.7 Å². The molecule has 0 spiro atoms. The highest BCUT2D eigenvalue weighted by atomic mass is 16.5. The summed E-state index contributed by atoms with van der Waals surface area (Å²) in [5.74, 6) is -2.25. The molecule has 0 fully saturated rings. The van der Waals surface area contributed by atoms with Crippen LogP contribution < -0.4 is 0 Å².